The number of rotatable bonds is 8. The maximum atomic E-state index is 11.4. The third-order valence-corrected chi connectivity index (χ3v) is 2.10. The lowest BCUT2D eigenvalue weighted by Crippen LogP contribution is -2.10. The van der Waals surface area contributed by atoms with Crippen molar-refractivity contribution in [1.82, 2.24) is 0 Å². The summed E-state index contributed by atoms with van der Waals surface area (Å²) < 4.78 is 5.25. The van der Waals surface area contributed by atoms with E-state index in [0.29, 0.717) is 18.8 Å². The molecule has 0 unspecified atom stereocenters. The summed E-state index contributed by atoms with van der Waals surface area (Å²) in [5.74, 6) is -0.487. The van der Waals surface area contributed by atoms with E-state index in [4.69, 9.17) is 9.62 Å². The van der Waals surface area contributed by atoms with Gasteiger partial charge >= 0.3 is 5.97 Å². The monoisotopic (exact) mass is 238 g/mol. The maximum Gasteiger partial charge on any atom is 0.373 e. The molecular weight excluding hydrogens is 220 g/mol. The van der Waals surface area contributed by atoms with E-state index in [1.807, 2.05) is 6.07 Å². The Bertz CT molecular complexity index is 310. The largest absolute Gasteiger partial charge is 0.379 e. The van der Waals surface area contributed by atoms with E-state index >= 15 is 0 Å². The first-order valence-corrected chi connectivity index (χ1v) is 5.81. The van der Waals surface area contributed by atoms with E-state index in [9.17, 15) is 4.79 Å². The first kappa shape index (κ1) is 13.7. The van der Waals surface area contributed by atoms with Gasteiger partial charge in [0.05, 0.1) is 12.2 Å². The Balaban J connectivity index is 2.05. The molecule has 1 aromatic carbocycles. The van der Waals surface area contributed by atoms with E-state index < -0.39 is 5.97 Å². The third-order valence-electron chi connectivity index (χ3n) is 2.10. The summed E-state index contributed by atoms with van der Waals surface area (Å²) in [7, 11) is 0. The molecule has 0 aliphatic heterocycles. The lowest BCUT2D eigenvalue weighted by Gasteiger charge is -2.04. The van der Waals surface area contributed by atoms with Gasteiger partial charge in [0.15, 0.2) is 0 Å². The lowest BCUT2D eigenvalue weighted by atomic mass is 10.2. The highest BCUT2D eigenvalue weighted by molar-refractivity contribution is 5.88. The molecule has 0 spiro atoms. The highest BCUT2D eigenvalue weighted by Gasteiger charge is 2.06. The molecule has 0 bridgehead atoms. The van der Waals surface area contributed by atoms with Crippen LogP contribution in [0.25, 0.3) is 0 Å². The fraction of sp³-hybridized carbons (Fsp3) is 0.462. The molecule has 0 saturated carbocycles. The van der Waals surface area contributed by atoms with Crippen LogP contribution in [0.2, 0.25) is 0 Å². The lowest BCUT2D eigenvalue weighted by molar-refractivity contribution is -0.247. The van der Waals surface area contributed by atoms with Crippen LogP contribution in [0.15, 0.2) is 30.3 Å². The van der Waals surface area contributed by atoms with E-state index in [0.717, 1.165) is 12.8 Å². The molecule has 0 saturated heterocycles. The Morgan fingerprint density at radius 1 is 1.12 bits per heavy atom. The Morgan fingerprint density at radius 2 is 1.88 bits per heavy atom. The van der Waals surface area contributed by atoms with Crippen LogP contribution in [-0.2, 0) is 14.5 Å². The molecule has 17 heavy (non-hydrogen) atoms. The van der Waals surface area contributed by atoms with Gasteiger partial charge in [-0.3, -0.25) is 4.89 Å². The molecule has 1 aromatic rings. The van der Waals surface area contributed by atoms with E-state index in [1.54, 1.807) is 24.3 Å². The highest BCUT2D eigenvalue weighted by Crippen LogP contribution is 2.01. The second-order valence-electron chi connectivity index (χ2n) is 3.52. The van der Waals surface area contributed by atoms with Crippen molar-refractivity contribution in [2.75, 3.05) is 19.8 Å². The molecule has 0 aliphatic rings. The third kappa shape index (κ3) is 6.04. The number of hydrogen-bond acceptors (Lipinski definition) is 4. The summed E-state index contributed by atoms with van der Waals surface area (Å²) in [6.45, 7) is 3.50. The smallest absolute Gasteiger partial charge is 0.373 e. The number of carbonyl (C=O) groups is 1. The molecule has 1 rings (SSSR count). The Labute approximate surface area is 101 Å². The van der Waals surface area contributed by atoms with Gasteiger partial charge in [0.2, 0.25) is 0 Å². The van der Waals surface area contributed by atoms with E-state index in [2.05, 4.69) is 11.8 Å². The minimum Gasteiger partial charge on any atom is -0.379 e. The van der Waals surface area contributed by atoms with Crippen molar-refractivity contribution < 1.29 is 19.3 Å². The number of carbonyl (C=O) groups excluding carboxylic acids is 1. The van der Waals surface area contributed by atoms with Crippen LogP contribution in [-0.4, -0.2) is 25.8 Å². The number of hydrogen-bond donors (Lipinski definition) is 0. The molecule has 0 N–H and O–H groups in total. The van der Waals surface area contributed by atoms with Crippen molar-refractivity contribution >= 4 is 5.97 Å². The van der Waals surface area contributed by atoms with Gasteiger partial charge in [-0.2, -0.15) is 4.89 Å². The molecular formula is C13H18O4. The zero-order chi connectivity index (χ0) is 12.3. The standard InChI is InChI=1S/C13H18O4/c1-2-3-9-15-10-11-16-17-13(14)12-7-5-4-6-8-12/h4-8H,2-3,9-11H2,1H3. The number of unbranched alkanes of at least 4 members (excludes halogenated alkanes) is 1. The highest BCUT2D eigenvalue weighted by atomic mass is 17.2. The van der Waals surface area contributed by atoms with Gasteiger partial charge in [0, 0.05) is 6.61 Å². The number of ether oxygens (including phenoxy) is 1. The van der Waals surface area contributed by atoms with E-state index in [1.165, 1.54) is 0 Å². The fourth-order valence-electron chi connectivity index (χ4n) is 1.16. The predicted octanol–water partition coefficient (Wildman–Crippen LogP) is 2.59. The SMILES string of the molecule is CCCCOCCOOC(=O)c1ccccc1. The van der Waals surface area contributed by atoms with Crippen molar-refractivity contribution in [3.05, 3.63) is 35.9 Å². The van der Waals surface area contributed by atoms with Crippen molar-refractivity contribution in [2.45, 2.75) is 19.8 Å². The minimum atomic E-state index is -0.487. The molecule has 4 heteroatoms. The molecule has 0 atom stereocenters. The Hall–Kier alpha value is -1.39. The van der Waals surface area contributed by atoms with Gasteiger partial charge in [-0.05, 0) is 18.6 Å². The van der Waals surface area contributed by atoms with Crippen LogP contribution in [0.3, 0.4) is 0 Å². The summed E-state index contributed by atoms with van der Waals surface area (Å²) in [4.78, 5) is 20.8. The van der Waals surface area contributed by atoms with Gasteiger partial charge in [0.25, 0.3) is 0 Å². The van der Waals surface area contributed by atoms with Gasteiger partial charge in [0.1, 0.15) is 6.61 Å². The van der Waals surface area contributed by atoms with Gasteiger partial charge < -0.3 is 4.74 Å². The molecule has 0 amide bonds. The van der Waals surface area contributed by atoms with Crippen molar-refractivity contribution in [3.63, 3.8) is 0 Å². The molecule has 0 heterocycles. The van der Waals surface area contributed by atoms with Crippen LogP contribution in [0, 0.1) is 0 Å². The van der Waals surface area contributed by atoms with Crippen molar-refractivity contribution in [1.29, 1.82) is 0 Å². The van der Waals surface area contributed by atoms with Crippen molar-refractivity contribution in [2.24, 2.45) is 0 Å². The second kappa shape index (κ2) is 8.73. The average Bonchev–Trinajstić information content (AvgIpc) is 2.38. The summed E-state index contributed by atoms with van der Waals surface area (Å²) in [6, 6.07) is 8.71. The van der Waals surface area contributed by atoms with Crippen LogP contribution in [0.4, 0.5) is 0 Å². The normalized spacial score (nSPS) is 10.2. The van der Waals surface area contributed by atoms with E-state index in [-0.39, 0.29) is 6.61 Å². The Morgan fingerprint density at radius 3 is 2.59 bits per heavy atom. The predicted molar refractivity (Wildman–Crippen MR) is 63.5 cm³/mol. The van der Waals surface area contributed by atoms with Crippen LogP contribution in [0.1, 0.15) is 30.1 Å². The Kier molecular flexibility index (Phi) is 7.02. The average molecular weight is 238 g/mol. The van der Waals surface area contributed by atoms with Gasteiger partial charge in [-0.1, -0.05) is 31.5 Å². The minimum absolute atomic E-state index is 0.252. The molecule has 0 radical (unpaired) electrons. The summed E-state index contributed by atoms with van der Waals surface area (Å²) in [6.07, 6.45) is 2.13. The van der Waals surface area contributed by atoms with Gasteiger partial charge in [-0.15, -0.1) is 0 Å². The number of benzene rings is 1. The van der Waals surface area contributed by atoms with Crippen LogP contribution < -0.4 is 0 Å². The summed E-state index contributed by atoms with van der Waals surface area (Å²) in [5, 5.41) is 0. The molecule has 0 aliphatic carbocycles. The van der Waals surface area contributed by atoms with Crippen LogP contribution >= 0.6 is 0 Å². The molecule has 94 valence electrons. The van der Waals surface area contributed by atoms with Gasteiger partial charge in [-0.25, -0.2) is 4.79 Å². The topological polar surface area (TPSA) is 44.8 Å². The first-order valence-electron chi connectivity index (χ1n) is 5.81. The second-order valence-corrected chi connectivity index (χ2v) is 3.52. The fourth-order valence-corrected chi connectivity index (χ4v) is 1.16. The quantitative estimate of drug-likeness (QED) is 0.396. The molecule has 0 fully saturated rings. The van der Waals surface area contributed by atoms with Crippen LogP contribution in [0.5, 0.6) is 0 Å². The molecule has 4 nitrogen and oxygen atoms in total. The molecule has 0 aromatic heterocycles. The maximum absolute atomic E-state index is 11.4. The zero-order valence-corrected chi connectivity index (χ0v) is 10.1. The zero-order valence-electron chi connectivity index (χ0n) is 10.1. The van der Waals surface area contributed by atoms with Crippen molar-refractivity contribution in [3.8, 4) is 0 Å². The first-order chi connectivity index (χ1) is 8.34. The summed E-state index contributed by atoms with van der Waals surface area (Å²) in [5.41, 5.74) is 0.472. The summed E-state index contributed by atoms with van der Waals surface area (Å²) >= 11 is 0.